The lowest BCUT2D eigenvalue weighted by molar-refractivity contribution is 0.399. The van der Waals surface area contributed by atoms with E-state index in [2.05, 4.69) is 15.4 Å². The number of pyridine rings is 1. The molecule has 1 N–H and O–H groups in total. The number of fused-ring (bicyclic) bond motifs is 1. The van der Waals surface area contributed by atoms with E-state index >= 15 is 0 Å². The number of para-hydroxylation sites is 1. The van der Waals surface area contributed by atoms with Crippen LogP contribution >= 0.6 is 11.6 Å². The summed E-state index contributed by atoms with van der Waals surface area (Å²) in [6, 6.07) is 9.65. The molecule has 2 aromatic heterocycles. The molecule has 0 fully saturated rings. The highest BCUT2D eigenvalue weighted by molar-refractivity contribution is 6.32. The molecule has 0 unspecified atom stereocenters. The molecule has 0 amide bonds. The highest BCUT2D eigenvalue weighted by Crippen LogP contribution is 2.23. The Hall–Kier alpha value is -2.60. The third-order valence-corrected chi connectivity index (χ3v) is 3.90. The third-order valence-electron chi connectivity index (χ3n) is 3.53. The number of aromatic nitrogens is 3. The van der Waals surface area contributed by atoms with Crippen molar-refractivity contribution in [3.63, 3.8) is 0 Å². The zero-order chi connectivity index (χ0) is 16.4. The van der Waals surface area contributed by atoms with Gasteiger partial charge in [0.15, 0.2) is 0 Å². The van der Waals surface area contributed by atoms with Crippen molar-refractivity contribution in [2.75, 3.05) is 12.4 Å². The Bertz CT molecular complexity index is 924. The molecule has 3 aromatic rings. The average molecular weight is 331 g/mol. The van der Waals surface area contributed by atoms with E-state index in [1.54, 1.807) is 14.2 Å². The quantitative estimate of drug-likeness (QED) is 0.796. The number of aryl methyl sites for hydroxylation is 1. The topological polar surface area (TPSA) is 69.0 Å². The van der Waals surface area contributed by atoms with Crippen molar-refractivity contribution in [2.45, 2.75) is 6.54 Å². The summed E-state index contributed by atoms with van der Waals surface area (Å²) in [7, 11) is 3.13. The molecule has 0 aliphatic carbocycles. The van der Waals surface area contributed by atoms with Gasteiger partial charge in [-0.1, -0.05) is 29.8 Å². The Morgan fingerprint density at radius 3 is 2.91 bits per heavy atom. The van der Waals surface area contributed by atoms with Crippen molar-refractivity contribution in [3.05, 3.63) is 57.5 Å². The number of methoxy groups -OCH3 is 1. The van der Waals surface area contributed by atoms with Gasteiger partial charge in [-0.05, 0) is 11.6 Å². The molecule has 6 nitrogen and oxygen atoms in total. The first-order valence-electron chi connectivity index (χ1n) is 6.98. The summed E-state index contributed by atoms with van der Waals surface area (Å²) >= 11 is 6.07. The molecule has 118 valence electrons. The van der Waals surface area contributed by atoms with Crippen LogP contribution in [0.25, 0.3) is 10.9 Å². The van der Waals surface area contributed by atoms with E-state index in [0.717, 1.165) is 16.5 Å². The third kappa shape index (κ3) is 2.98. The van der Waals surface area contributed by atoms with Gasteiger partial charge in [-0.2, -0.15) is 5.10 Å². The van der Waals surface area contributed by atoms with Gasteiger partial charge in [-0.25, -0.2) is 9.67 Å². The summed E-state index contributed by atoms with van der Waals surface area (Å²) in [6.07, 6.45) is 1.53. The molecular weight excluding hydrogens is 316 g/mol. The van der Waals surface area contributed by atoms with Crippen LogP contribution in [0.4, 0.5) is 5.69 Å². The van der Waals surface area contributed by atoms with Crippen LogP contribution in [0.2, 0.25) is 5.02 Å². The molecular formula is C16H15ClN4O2. The average Bonchev–Trinajstić information content (AvgIpc) is 2.58. The fourth-order valence-electron chi connectivity index (χ4n) is 2.30. The molecule has 7 heteroatoms. The predicted octanol–water partition coefficient (Wildman–Crippen LogP) is 2.60. The van der Waals surface area contributed by atoms with Crippen molar-refractivity contribution in [1.82, 2.24) is 14.8 Å². The fraction of sp³-hybridized carbons (Fsp3) is 0.188. The Balaban J connectivity index is 1.96. The zero-order valence-electron chi connectivity index (χ0n) is 12.7. The van der Waals surface area contributed by atoms with Crippen molar-refractivity contribution in [1.29, 1.82) is 0 Å². The van der Waals surface area contributed by atoms with E-state index in [-0.39, 0.29) is 10.6 Å². The zero-order valence-corrected chi connectivity index (χ0v) is 13.5. The molecule has 0 saturated heterocycles. The van der Waals surface area contributed by atoms with Gasteiger partial charge in [-0.15, -0.1) is 0 Å². The lowest BCUT2D eigenvalue weighted by atomic mass is 10.1. The summed E-state index contributed by atoms with van der Waals surface area (Å²) in [5, 5.41) is 8.24. The fourth-order valence-corrected chi connectivity index (χ4v) is 2.53. The predicted molar refractivity (Wildman–Crippen MR) is 90.1 cm³/mol. The van der Waals surface area contributed by atoms with E-state index in [0.29, 0.717) is 18.1 Å². The lowest BCUT2D eigenvalue weighted by Gasteiger charge is -2.12. The summed E-state index contributed by atoms with van der Waals surface area (Å²) in [5.74, 6) is 0.536. The van der Waals surface area contributed by atoms with Gasteiger partial charge in [-0.3, -0.25) is 4.79 Å². The molecule has 0 spiro atoms. The number of rotatable bonds is 4. The number of hydrogen-bond acceptors (Lipinski definition) is 5. The first-order chi connectivity index (χ1) is 11.1. The minimum atomic E-state index is -0.339. The summed E-state index contributed by atoms with van der Waals surface area (Å²) in [4.78, 5) is 16.2. The van der Waals surface area contributed by atoms with Gasteiger partial charge in [0, 0.05) is 25.0 Å². The molecule has 0 bridgehead atoms. The van der Waals surface area contributed by atoms with Crippen molar-refractivity contribution in [3.8, 4) is 5.88 Å². The number of nitrogens with zero attached hydrogens (tertiary/aromatic N) is 3. The molecule has 0 aliphatic heterocycles. The maximum absolute atomic E-state index is 11.8. The van der Waals surface area contributed by atoms with Crippen LogP contribution in [0, 0.1) is 0 Å². The Morgan fingerprint density at radius 2 is 2.13 bits per heavy atom. The number of nitrogens with one attached hydrogen (secondary N) is 1. The lowest BCUT2D eigenvalue weighted by Crippen LogP contribution is -2.21. The second kappa shape index (κ2) is 6.26. The number of anilines is 1. The van der Waals surface area contributed by atoms with Gasteiger partial charge >= 0.3 is 0 Å². The van der Waals surface area contributed by atoms with Gasteiger partial charge in [0.25, 0.3) is 5.56 Å². The van der Waals surface area contributed by atoms with Gasteiger partial charge < -0.3 is 10.1 Å². The standard InChI is InChI=1S/C16H15ClN4O2/c1-21-16(22)15(17)13(9-19-21)18-8-10-7-14(23-2)20-12-6-4-3-5-11(10)12/h3-7,9,18H,8H2,1-2H3. The van der Waals surface area contributed by atoms with Crippen molar-refractivity contribution < 1.29 is 4.74 Å². The Morgan fingerprint density at radius 1 is 1.35 bits per heavy atom. The molecule has 23 heavy (non-hydrogen) atoms. The monoisotopic (exact) mass is 330 g/mol. The first kappa shape index (κ1) is 15.3. The summed E-state index contributed by atoms with van der Waals surface area (Å²) in [5.41, 5.74) is 1.99. The summed E-state index contributed by atoms with van der Waals surface area (Å²) < 4.78 is 6.44. The van der Waals surface area contributed by atoms with Crippen LogP contribution in [0.5, 0.6) is 5.88 Å². The van der Waals surface area contributed by atoms with Crippen LogP contribution in [-0.4, -0.2) is 21.9 Å². The number of ether oxygens (including phenoxy) is 1. The second-order valence-electron chi connectivity index (χ2n) is 5.00. The molecule has 0 radical (unpaired) electrons. The molecule has 2 heterocycles. The molecule has 3 rings (SSSR count). The number of hydrogen-bond donors (Lipinski definition) is 1. The van der Waals surface area contributed by atoms with E-state index < -0.39 is 0 Å². The minimum Gasteiger partial charge on any atom is -0.481 e. The first-order valence-corrected chi connectivity index (χ1v) is 7.36. The Kier molecular flexibility index (Phi) is 4.16. The maximum Gasteiger partial charge on any atom is 0.287 e. The Labute approximate surface area is 137 Å². The van der Waals surface area contributed by atoms with Crippen LogP contribution in [0.15, 0.2) is 41.3 Å². The number of benzene rings is 1. The van der Waals surface area contributed by atoms with Gasteiger partial charge in [0.2, 0.25) is 5.88 Å². The van der Waals surface area contributed by atoms with Crippen molar-refractivity contribution in [2.24, 2.45) is 7.05 Å². The van der Waals surface area contributed by atoms with Crippen LogP contribution in [0.3, 0.4) is 0 Å². The van der Waals surface area contributed by atoms with E-state index in [1.807, 2.05) is 30.3 Å². The highest BCUT2D eigenvalue weighted by atomic mass is 35.5. The molecule has 0 atom stereocenters. The van der Waals surface area contributed by atoms with Gasteiger partial charge in [0.05, 0.1) is 24.5 Å². The van der Waals surface area contributed by atoms with E-state index in [1.165, 1.54) is 10.9 Å². The number of halogens is 1. The second-order valence-corrected chi connectivity index (χ2v) is 5.37. The largest absolute Gasteiger partial charge is 0.481 e. The van der Waals surface area contributed by atoms with Crippen molar-refractivity contribution >= 4 is 28.2 Å². The van der Waals surface area contributed by atoms with Gasteiger partial charge in [0.1, 0.15) is 5.02 Å². The highest BCUT2D eigenvalue weighted by Gasteiger charge is 2.09. The maximum atomic E-state index is 11.8. The van der Waals surface area contributed by atoms with E-state index in [4.69, 9.17) is 16.3 Å². The molecule has 1 aromatic carbocycles. The smallest absolute Gasteiger partial charge is 0.287 e. The van der Waals surface area contributed by atoms with Crippen LogP contribution in [-0.2, 0) is 13.6 Å². The van der Waals surface area contributed by atoms with E-state index in [9.17, 15) is 4.79 Å². The molecule has 0 saturated carbocycles. The van der Waals surface area contributed by atoms with Crippen LogP contribution < -0.4 is 15.6 Å². The van der Waals surface area contributed by atoms with Crippen LogP contribution in [0.1, 0.15) is 5.56 Å². The minimum absolute atomic E-state index is 0.118. The normalized spacial score (nSPS) is 10.7. The SMILES string of the molecule is COc1cc(CNc2cnn(C)c(=O)c2Cl)c2ccccc2n1. The summed E-state index contributed by atoms with van der Waals surface area (Å²) in [6.45, 7) is 0.466. The molecule has 0 aliphatic rings.